The number of aliphatic hydroxyl groups is 1. The Hall–Kier alpha value is -0.640. The molecule has 0 aromatic carbocycles. The highest BCUT2D eigenvalue weighted by atomic mass is 35.5. The average Bonchev–Trinajstić information content (AvgIpc) is 2.21. The summed E-state index contributed by atoms with van der Waals surface area (Å²) in [5, 5.41) is 11.1. The molecular weight excluding hydrogens is 226 g/mol. The van der Waals surface area contributed by atoms with Crippen LogP contribution in [0.2, 0.25) is 5.02 Å². The second-order valence-electron chi connectivity index (χ2n) is 4.50. The first-order valence-corrected chi connectivity index (χ1v) is 5.89. The number of pyridine rings is 1. The van der Waals surface area contributed by atoms with Crippen molar-refractivity contribution in [2.24, 2.45) is 0 Å². The number of ether oxygens (including phenoxy) is 1. The van der Waals surface area contributed by atoms with Gasteiger partial charge in [-0.2, -0.15) is 0 Å². The Morgan fingerprint density at radius 3 is 3.19 bits per heavy atom. The molecule has 0 amide bonds. The van der Waals surface area contributed by atoms with E-state index < -0.39 is 5.60 Å². The topological polar surface area (TPSA) is 42.4 Å². The number of nitrogens with zero attached hydrogens (tertiary/aromatic N) is 1. The average molecular weight is 242 g/mol. The van der Waals surface area contributed by atoms with Crippen LogP contribution in [0.1, 0.15) is 25.3 Å². The largest absolute Gasteiger partial charge is 0.389 e. The van der Waals surface area contributed by atoms with Crippen molar-refractivity contribution in [1.29, 1.82) is 0 Å². The molecule has 1 aliphatic rings. The number of halogens is 1. The molecule has 2 heterocycles. The van der Waals surface area contributed by atoms with Gasteiger partial charge in [-0.25, -0.2) is 0 Å². The van der Waals surface area contributed by atoms with Gasteiger partial charge in [-0.15, -0.1) is 0 Å². The van der Waals surface area contributed by atoms with Crippen molar-refractivity contribution in [3.63, 3.8) is 0 Å². The molecule has 2 rings (SSSR count). The van der Waals surface area contributed by atoms with E-state index in [1.165, 1.54) is 0 Å². The molecule has 1 aromatic rings. The number of hydrogen-bond donors (Lipinski definition) is 1. The Balaban J connectivity index is 2.11. The third kappa shape index (κ3) is 2.73. The van der Waals surface area contributed by atoms with Crippen LogP contribution in [-0.2, 0) is 11.2 Å². The monoisotopic (exact) mass is 241 g/mol. The maximum absolute atomic E-state index is 10.5. The lowest BCUT2D eigenvalue weighted by Crippen LogP contribution is -2.41. The molecule has 4 heteroatoms. The first-order valence-electron chi connectivity index (χ1n) is 5.51. The van der Waals surface area contributed by atoms with Crippen molar-refractivity contribution < 1.29 is 9.84 Å². The van der Waals surface area contributed by atoms with Crippen molar-refractivity contribution in [2.45, 2.75) is 37.9 Å². The Labute approximate surface area is 100 Å². The highest BCUT2D eigenvalue weighted by molar-refractivity contribution is 6.31. The first-order chi connectivity index (χ1) is 7.59. The third-order valence-corrected chi connectivity index (χ3v) is 3.35. The van der Waals surface area contributed by atoms with E-state index in [9.17, 15) is 5.11 Å². The lowest BCUT2D eigenvalue weighted by molar-refractivity contribution is -0.0961. The highest BCUT2D eigenvalue weighted by Crippen LogP contribution is 2.30. The fraction of sp³-hybridized carbons (Fsp3) is 0.583. The maximum Gasteiger partial charge on any atom is 0.0735 e. The molecule has 1 aromatic heterocycles. The molecule has 1 N–H and O–H groups in total. The summed E-state index contributed by atoms with van der Waals surface area (Å²) in [6, 6.07) is 1.86. The SMILES string of the molecule is CC1CC(O)(Cc2ccncc2Cl)CCO1. The molecule has 1 saturated heterocycles. The smallest absolute Gasteiger partial charge is 0.0735 e. The first kappa shape index (κ1) is 11.8. The van der Waals surface area contributed by atoms with Crippen LogP contribution < -0.4 is 0 Å². The normalized spacial score (nSPS) is 30.3. The number of rotatable bonds is 2. The van der Waals surface area contributed by atoms with Crippen molar-refractivity contribution >= 4 is 11.6 Å². The number of aromatic nitrogens is 1. The quantitative estimate of drug-likeness (QED) is 0.863. The van der Waals surface area contributed by atoms with Crippen LogP contribution in [0.25, 0.3) is 0 Å². The summed E-state index contributed by atoms with van der Waals surface area (Å²) in [7, 11) is 0. The summed E-state index contributed by atoms with van der Waals surface area (Å²) < 4.78 is 5.44. The van der Waals surface area contributed by atoms with Gasteiger partial charge in [0.05, 0.1) is 16.7 Å². The molecule has 0 radical (unpaired) electrons. The van der Waals surface area contributed by atoms with Gasteiger partial charge in [-0.1, -0.05) is 11.6 Å². The third-order valence-electron chi connectivity index (χ3n) is 3.01. The van der Waals surface area contributed by atoms with Gasteiger partial charge >= 0.3 is 0 Å². The second kappa shape index (κ2) is 4.70. The Morgan fingerprint density at radius 2 is 2.50 bits per heavy atom. The standard InChI is InChI=1S/C12H16ClNO2/c1-9-6-12(15,3-5-16-9)7-10-2-4-14-8-11(10)13/h2,4,8-9,15H,3,5-7H2,1H3. The molecule has 1 fully saturated rings. The van der Waals surface area contributed by atoms with Gasteiger partial charge in [0.25, 0.3) is 0 Å². The van der Waals surface area contributed by atoms with E-state index in [2.05, 4.69) is 4.98 Å². The van der Waals surface area contributed by atoms with E-state index in [0.717, 1.165) is 5.56 Å². The second-order valence-corrected chi connectivity index (χ2v) is 4.91. The molecule has 0 aliphatic carbocycles. The summed E-state index contributed by atoms with van der Waals surface area (Å²) in [4.78, 5) is 3.94. The van der Waals surface area contributed by atoms with Crippen molar-refractivity contribution in [2.75, 3.05) is 6.61 Å². The molecule has 0 saturated carbocycles. The van der Waals surface area contributed by atoms with Crippen LogP contribution in [-0.4, -0.2) is 28.4 Å². The zero-order chi connectivity index (χ0) is 11.6. The van der Waals surface area contributed by atoms with Crippen LogP contribution in [0.15, 0.2) is 18.5 Å². The molecule has 2 atom stereocenters. The summed E-state index contributed by atoms with van der Waals surface area (Å²) in [5.74, 6) is 0. The fourth-order valence-corrected chi connectivity index (χ4v) is 2.39. The van der Waals surface area contributed by atoms with Gasteiger partial charge in [0.15, 0.2) is 0 Å². The molecule has 88 valence electrons. The molecule has 0 bridgehead atoms. The predicted octanol–water partition coefficient (Wildman–Crippen LogP) is 2.21. The fourth-order valence-electron chi connectivity index (χ4n) is 2.21. The highest BCUT2D eigenvalue weighted by Gasteiger charge is 2.33. The van der Waals surface area contributed by atoms with Crippen LogP contribution in [0.3, 0.4) is 0 Å². The minimum Gasteiger partial charge on any atom is -0.389 e. The zero-order valence-electron chi connectivity index (χ0n) is 9.32. The van der Waals surface area contributed by atoms with E-state index in [-0.39, 0.29) is 6.10 Å². The summed E-state index contributed by atoms with van der Waals surface area (Å²) in [6.45, 7) is 2.60. The minimum absolute atomic E-state index is 0.111. The van der Waals surface area contributed by atoms with Crippen LogP contribution in [0.4, 0.5) is 0 Å². The van der Waals surface area contributed by atoms with Gasteiger partial charge in [0, 0.05) is 31.8 Å². The van der Waals surface area contributed by atoms with Crippen LogP contribution in [0, 0.1) is 0 Å². The van der Waals surface area contributed by atoms with Gasteiger partial charge < -0.3 is 9.84 Å². The van der Waals surface area contributed by atoms with Crippen molar-refractivity contribution in [1.82, 2.24) is 4.98 Å². The van der Waals surface area contributed by atoms with Gasteiger partial charge in [-0.05, 0) is 25.0 Å². The molecule has 3 nitrogen and oxygen atoms in total. The Bertz CT molecular complexity index is 372. The lowest BCUT2D eigenvalue weighted by atomic mass is 9.85. The summed E-state index contributed by atoms with van der Waals surface area (Å²) in [5.41, 5.74) is 0.260. The lowest BCUT2D eigenvalue weighted by Gasteiger charge is -2.35. The zero-order valence-corrected chi connectivity index (χ0v) is 10.1. The summed E-state index contributed by atoms with van der Waals surface area (Å²) >= 11 is 6.04. The van der Waals surface area contributed by atoms with Crippen molar-refractivity contribution in [3.8, 4) is 0 Å². The molecule has 1 aliphatic heterocycles. The minimum atomic E-state index is -0.692. The van der Waals surface area contributed by atoms with Crippen molar-refractivity contribution in [3.05, 3.63) is 29.0 Å². The Morgan fingerprint density at radius 1 is 1.69 bits per heavy atom. The Kier molecular flexibility index (Phi) is 3.47. The molecule has 0 spiro atoms. The van der Waals surface area contributed by atoms with E-state index >= 15 is 0 Å². The predicted molar refractivity (Wildman–Crippen MR) is 62.5 cm³/mol. The van der Waals surface area contributed by atoms with E-state index in [0.29, 0.717) is 30.9 Å². The molecule has 16 heavy (non-hydrogen) atoms. The van der Waals surface area contributed by atoms with E-state index in [1.54, 1.807) is 12.4 Å². The van der Waals surface area contributed by atoms with Gasteiger partial charge in [0.2, 0.25) is 0 Å². The molecule has 2 unspecified atom stereocenters. The van der Waals surface area contributed by atoms with Crippen LogP contribution >= 0.6 is 11.6 Å². The molecular formula is C12H16ClNO2. The maximum atomic E-state index is 10.5. The number of hydrogen-bond acceptors (Lipinski definition) is 3. The van der Waals surface area contributed by atoms with Crippen LogP contribution in [0.5, 0.6) is 0 Å². The van der Waals surface area contributed by atoms with E-state index in [4.69, 9.17) is 16.3 Å². The van der Waals surface area contributed by atoms with E-state index in [1.807, 2.05) is 13.0 Å². The van der Waals surface area contributed by atoms with Gasteiger partial charge in [-0.3, -0.25) is 4.98 Å². The summed E-state index contributed by atoms with van der Waals surface area (Å²) in [6.07, 6.45) is 5.32. The van der Waals surface area contributed by atoms with Gasteiger partial charge in [0.1, 0.15) is 0 Å².